The summed E-state index contributed by atoms with van der Waals surface area (Å²) in [5.41, 5.74) is 2.68. The van der Waals surface area contributed by atoms with Crippen LogP contribution < -0.4 is 9.64 Å². The maximum absolute atomic E-state index is 15.2. The monoisotopic (exact) mass is 523 g/mol. The van der Waals surface area contributed by atoms with Gasteiger partial charge in [0.1, 0.15) is 17.4 Å². The molecule has 2 aromatic heterocycles. The van der Waals surface area contributed by atoms with Gasteiger partial charge in [-0.25, -0.2) is 19.3 Å². The van der Waals surface area contributed by atoms with Crippen molar-refractivity contribution in [3.63, 3.8) is 0 Å². The highest BCUT2D eigenvalue weighted by Crippen LogP contribution is 2.41. The maximum Gasteiger partial charge on any atom is 0.387 e. The van der Waals surface area contributed by atoms with Gasteiger partial charge in [0.2, 0.25) is 5.95 Å². The van der Waals surface area contributed by atoms with Crippen LogP contribution in [-0.2, 0) is 6.42 Å². The van der Waals surface area contributed by atoms with E-state index in [-0.39, 0.29) is 23.8 Å². The molecule has 1 unspecified atom stereocenters. The Hall–Kier alpha value is -3.66. The lowest BCUT2D eigenvalue weighted by Crippen LogP contribution is -2.41. The average molecular weight is 524 g/mol. The van der Waals surface area contributed by atoms with Crippen molar-refractivity contribution < 1.29 is 23.0 Å². The van der Waals surface area contributed by atoms with Crippen LogP contribution in [0.5, 0.6) is 5.75 Å². The number of piperidine rings is 1. The lowest BCUT2D eigenvalue weighted by atomic mass is 9.81. The average Bonchev–Trinajstić information content (AvgIpc) is 3.48. The molecule has 1 atom stereocenters. The number of aliphatic hydroxyl groups excluding tert-OH is 1. The van der Waals surface area contributed by atoms with Gasteiger partial charge in [0.15, 0.2) is 0 Å². The fraction of sp³-hybridized carbons (Fsp3) is 0.393. The van der Waals surface area contributed by atoms with E-state index >= 15 is 4.39 Å². The van der Waals surface area contributed by atoms with E-state index in [0.29, 0.717) is 46.5 Å². The molecular weight excluding hydrogens is 495 g/mol. The van der Waals surface area contributed by atoms with Crippen LogP contribution >= 0.6 is 0 Å². The van der Waals surface area contributed by atoms with Crippen LogP contribution in [0.3, 0.4) is 0 Å². The van der Waals surface area contributed by atoms with Crippen molar-refractivity contribution in [2.75, 3.05) is 24.6 Å². The fourth-order valence-corrected chi connectivity index (χ4v) is 5.59. The van der Waals surface area contributed by atoms with E-state index in [9.17, 15) is 13.9 Å². The van der Waals surface area contributed by atoms with Gasteiger partial charge in [-0.15, -0.1) is 0 Å². The van der Waals surface area contributed by atoms with Crippen LogP contribution in [0.1, 0.15) is 43.6 Å². The molecule has 0 saturated carbocycles. The summed E-state index contributed by atoms with van der Waals surface area (Å²) in [6.07, 6.45) is 6.26. The maximum atomic E-state index is 15.2. The number of para-hydroxylation sites is 1. The predicted molar refractivity (Wildman–Crippen MR) is 137 cm³/mol. The van der Waals surface area contributed by atoms with Crippen molar-refractivity contribution in [1.29, 1.82) is 0 Å². The minimum absolute atomic E-state index is 0.0789. The summed E-state index contributed by atoms with van der Waals surface area (Å²) >= 11 is 0. The van der Waals surface area contributed by atoms with E-state index in [1.54, 1.807) is 36.7 Å². The Morgan fingerprint density at radius 3 is 2.58 bits per heavy atom. The van der Waals surface area contributed by atoms with Crippen LogP contribution in [0, 0.1) is 11.2 Å². The molecule has 0 radical (unpaired) electrons. The third kappa shape index (κ3) is 4.36. The standard InChI is InChI=1S/C28H28F3N5O2/c1-28(16-37)8-10-35(11-9-28)27-32-14-17(15-33-27)19-12-23-21(13-20(19)29)34-25-7-6-22(36(23)25)18-4-2-3-5-24(18)38-26(30)31/h2-5,12-15,22,26,37H,6-11,16H2,1H3. The first-order valence-corrected chi connectivity index (χ1v) is 12.8. The van der Waals surface area contributed by atoms with Crippen LogP contribution in [0.4, 0.5) is 19.1 Å². The van der Waals surface area contributed by atoms with E-state index < -0.39 is 12.4 Å². The number of aromatic nitrogens is 4. The van der Waals surface area contributed by atoms with Crippen molar-refractivity contribution >= 4 is 17.0 Å². The highest BCUT2D eigenvalue weighted by atomic mass is 19.3. The molecule has 2 aromatic carbocycles. The Labute approximate surface area is 217 Å². The molecule has 0 bridgehead atoms. The molecule has 1 N–H and O–H groups in total. The number of hydrogen-bond donors (Lipinski definition) is 1. The first-order chi connectivity index (χ1) is 18.3. The summed E-state index contributed by atoms with van der Waals surface area (Å²) in [7, 11) is 0. The van der Waals surface area contributed by atoms with Crippen LogP contribution in [0.15, 0.2) is 48.8 Å². The lowest BCUT2D eigenvalue weighted by molar-refractivity contribution is -0.0506. The molecule has 0 aliphatic carbocycles. The number of halogens is 3. The normalized spacial score (nSPS) is 18.8. The van der Waals surface area contributed by atoms with E-state index in [1.807, 2.05) is 4.57 Å². The number of alkyl halides is 2. The lowest BCUT2D eigenvalue weighted by Gasteiger charge is -2.38. The number of fused-ring (bicyclic) bond motifs is 3. The van der Waals surface area contributed by atoms with Gasteiger partial charge < -0.3 is 19.3 Å². The molecule has 1 fully saturated rings. The van der Waals surface area contributed by atoms with Crippen molar-refractivity contribution in [2.45, 2.75) is 45.3 Å². The largest absolute Gasteiger partial charge is 0.434 e. The van der Waals surface area contributed by atoms with Gasteiger partial charge in [0, 0.05) is 61.3 Å². The molecule has 2 aliphatic rings. The fourth-order valence-electron chi connectivity index (χ4n) is 5.59. The smallest absolute Gasteiger partial charge is 0.387 e. The Bertz CT molecular complexity index is 1470. The molecule has 38 heavy (non-hydrogen) atoms. The summed E-state index contributed by atoms with van der Waals surface area (Å²) in [6, 6.07) is 9.66. The van der Waals surface area contributed by atoms with Gasteiger partial charge in [-0.3, -0.25) is 0 Å². The highest BCUT2D eigenvalue weighted by Gasteiger charge is 2.32. The van der Waals surface area contributed by atoms with Gasteiger partial charge in [-0.1, -0.05) is 25.1 Å². The number of benzene rings is 2. The van der Waals surface area contributed by atoms with Crippen LogP contribution in [0.2, 0.25) is 0 Å². The SMILES string of the molecule is CC1(CO)CCN(c2ncc(-c3cc4c(cc3F)nc3n4C(c4ccccc4OC(F)F)CC3)cn2)CC1. The zero-order valence-electron chi connectivity index (χ0n) is 20.9. The van der Waals surface area contributed by atoms with Gasteiger partial charge in [0.25, 0.3) is 0 Å². The van der Waals surface area contributed by atoms with Crippen molar-refractivity contribution in [2.24, 2.45) is 5.41 Å². The topological polar surface area (TPSA) is 76.3 Å². The second-order valence-corrected chi connectivity index (χ2v) is 10.4. The molecule has 0 spiro atoms. The summed E-state index contributed by atoms with van der Waals surface area (Å²) in [4.78, 5) is 15.7. The van der Waals surface area contributed by atoms with Crippen LogP contribution in [0.25, 0.3) is 22.2 Å². The van der Waals surface area contributed by atoms with E-state index in [4.69, 9.17) is 4.74 Å². The Kier molecular flexibility index (Phi) is 6.22. The van der Waals surface area contributed by atoms with Gasteiger partial charge in [0.05, 0.1) is 17.1 Å². The highest BCUT2D eigenvalue weighted by molar-refractivity contribution is 5.83. The van der Waals surface area contributed by atoms with E-state index in [0.717, 1.165) is 31.8 Å². The Balaban J connectivity index is 1.33. The second kappa shape index (κ2) is 9.58. The van der Waals surface area contributed by atoms with E-state index in [1.165, 1.54) is 12.1 Å². The summed E-state index contributed by atoms with van der Waals surface area (Å²) in [5.74, 6) is 1.06. The molecule has 0 amide bonds. The number of anilines is 1. The number of hydrogen-bond acceptors (Lipinski definition) is 6. The van der Waals surface area contributed by atoms with Crippen molar-refractivity contribution in [3.05, 3.63) is 66.0 Å². The molecule has 2 aliphatic heterocycles. The number of aliphatic hydroxyl groups is 1. The number of rotatable bonds is 6. The quantitative estimate of drug-likeness (QED) is 0.366. The van der Waals surface area contributed by atoms with E-state index in [2.05, 4.69) is 26.8 Å². The molecule has 6 rings (SSSR count). The molecule has 7 nitrogen and oxygen atoms in total. The summed E-state index contributed by atoms with van der Waals surface area (Å²) < 4.78 is 48.1. The van der Waals surface area contributed by atoms with Crippen molar-refractivity contribution in [1.82, 2.24) is 19.5 Å². The number of ether oxygens (including phenoxy) is 1. The molecule has 4 aromatic rings. The van der Waals surface area contributed by atoms with Gasteiger partial charge in [-0.2, -0.15) is 8.78 Å². The Morgan fingerprint density at radius 2 is 1.87 bits per heavy atom. The minimum Gasteiger partial charge on any atom is -0.434 e. The minimum atomic E-state index is -2.93. The molecule has 10 heteroatoms. The zero-order valence-corrected chi connectivity index (χ0v) is 20.9. The van der Waals surface area contributed by atoms with Crippen LogP contribution in [-0.4, -0.2) is 50.9 Å². The molecule has 198 valence electrons. The Morgan fingerprint density at radius 1 is 1.13 bits per heavy atom. The first kappa shape index (κ1) is 24.7. The summed E-state index contributed by atoms with van der Waals surface area (Å²) in [5, 5.41) is 9.62. The first-order valence-electron chi connectivity index (χ1n) is 12.8. The molecular formula is C28H28F3N5O2. The number of nitrogens with zero attached hydrogens (tertiary/aromatic N) is 5. The summed E-state index contributed by atoms with van der Waals surface area (Å²) in [6.45, 7) is 0.805. The second-order valence-electron chi connectivity index (χ2n) is 10.4. The third-order valence-electron chi connectivity index (χ3n) is 7.88. The third-order valence-corrected chi connectivity index (χ3v) is 7.88. The molecule has 1 saturated heterocycles. The van der Waals surface area contributed by atoms with Crippen molar-refractivity contribution in [3.8, 4) is 16.9 Å². The zero-order chi connectivity index (χ0) is 26.4. The number of imidazole rings is 1. The van der Waals surface area contributed by atoms with Gasteiger partial charge >= 0.3 is 6.61 Å². The molecule has 4 heterocycles. The predicted octanol–water partition coefficient (Wildman–Crippen LogP) is 5.37. The number of aryl methyl sites for hydroxylation is 1. The van der Waals surface area contributed by atoms with Gasteiger partial charge in [-0.05, 0) is 36.8 Å².